The number of aliphatic carboxylic acids is 1. The molecule has 6 rings (SSSR count). The summed E-state index contributed by atoms with van der Waals surface area (Å²) in [6, 6.07) is 45.9. The third-order valence-corrected chi connectivity index (χ3v) is 8.32. The molecule has 1 amide bonds. The molecule has 0 aliphatic carbocycles. The SMILES string of the molecule is NC(=O)CC[C@H](NCc1ccc(-c2ccccc2-c2nnnn2C(c2ccccc2)(c2ccccc2)c2ccccc2)cc1)C(=O)O. The van der Waals surface area contributed by atoms with E-state index in [2.05, 4.69) is 52.0 Å². The highest BCUT2D eigenvalue weighted by atomic mass is 16.4. The summed E-state index contributed by atoms with van der Waals surface area (Å²) in [7, 11) is 0. The van der Waals surface area contributed by atoms with Crippen molar-refractivity contribution in [3.05, 3.63) is 162 Å². The van der Waals surface area contributed by atoms with E-state index in [4.69, 9.17) is 10.9 Å². The molecule has 0 saturated heterocycles. The van der Waals surface area contributed by atoms with Crippen LogP contribution in [0.4, 0.5) is 0 Å². The third-order valence-electron chi connectivity index (χ3n) is 8.32. The zero-order chi connectivity index (χ0) is 32.6. The molecular formula is C38H34N6O3. The number of amides is 1. The number of nitrogens with one attached hydrogen (secondary N) is 1. The van der Waals surface area contributed by atoms with Gasteiger partial charge in [0, 0.05) is 18.5 Å². The van der Waals surface area contributed by atoms with Crippen molar-refractivity contribution in [2.75, 3.05) is 0 Å². The van der Waals surface area contributed by atoms with E-state index in [1.165, 1.54) is 0 Å². The van der Waals surface area contributed by atoms with E-state index < -0.39 is 23.5 Å². The van der Waals surface area contributed by atoms with Gasteiger partial charge in [0.15, 0.2) is 5.82 Å². The number of nitrogens with zero attached hydrogens (tertiary/aromatic N) is 4. The molecule has 0 bridgehead atoms. The fraction of sp³-hybridized carbons (Fsp3) is 0.132. The standard InChI is InChI=1S/C38H34N6O3/c39-35(45)25-24-34(37(46)47)40-26-27-20-22-28(23-21-27)32-18-10-11-19-33(32)36-41-42-43-44(36)38(29-12-4-1-5-13-29,30-14-6-2-7-15-30)31-16-8-3-9-17-31/h1-23,34,40H,24-26H2,(H2,39,45)(H,46,47)/t34-/m0/s1. The van der Waals surface area contributed by atoms with E-state index in [-0.39, 0.29) is 12.8 Å². The van der Waals surface area contributed by atoms with Crippen molar-refractivity contribution < 1.29 is 14.7 Å². The van der Waals surface area contributed by atoms with Crippen LogP contribution in [0.15, 0.2) is 140 Å². The Bertz CT molecular complexity index is 1850. The van der Waals surface area contributed by atoms with Gasteiger partial charge in [-0.1, -0.05) is 140 Å². The largest absolute Gasteiger partial charge is 0.480 e. The van der Waals surface area contributed by atoms with Gasteiger partial charge in [0.1, 0.15) is 11.6 Å². The molecule has 1 heterocycles. The highest BCUT2D eigenvalue weighted by Gasteiger charge is 2.42. The first-order chi connectivity index (χ1) is 23.0. The molecule has 1 aromatic heterocycles. The van der Waals surface area contributed by atoms with Gasteiger partial charge in [-0.05, 0) is 50.2 Å². The van der Waals surface area contributed by atoms with Gasteiger partial charge in [0.2, 0.25) is 5.91 Å². The summed E-state index contributed by atoms with van der Waals surface area (Å²) < 4.78 is 1.92. The van der Waals surface area contributed by atoms with Crippen molar-refractivity contribution in [2.24, 2.45) is 5.73 Å². The van der Waals surface area contributed by atoms with Crippen LogP contribution >= 0.6 is 0 Å². The molecule has 0 fully saturated rings. The van der Waals surface area contributed by atoms with Gasteiger partial charge < -0.3 is 16.2 Å². The van der Waals surface area contributed by atoms with Crippen molar-refractivity contribution in [3.63, 3.8) is 0 Å². The second-order valence-corrected chi connectivity index (χ2v) is 11.2. The van der Waals surface area contributed by atoms with E-state index in [0.29, 0.717) is 12.4 Å². The molecule has 0 aliphatic rings. The Hall–Kier alpha value is -5.93. The molecule has 0 spiro atoms. The summed E-state index contributed by atoms with van der Waals surface area (Å²) in [6.07, 6.45) is 0.126. The van der Waals surface area contributed by atoms with Crippen LogP contribution in [0.2, 0.25) is 0 Å². The maximum Gasteiger partial charge on any atom is 0.320 e. The Balaban J connectivity index is 1.42. The Morgan fingerprint density at radius 2 is 1.23 bits per heavy atom. The summed E-state index contributed by atoms with van der Waals surface area (Å²) in [5.41, 5.74) is 11.0. The molecule has 1 atom stereocenters. The topological polar surface area (TPSA) is 136 Å². The predicted octanol–water partition coefficient (Wildman–Crippen LogP) is 5.66. The van der Waals surface area contributed by atoms with Crippen LogP contribution in [0.25, 0.3) is 22.5 Å². The number of hydrogen-bond acceptors (Lipinski definition) is 6. The molecule has 234 valence electrons. The van der Waals surface area contributed by atoms with Crippen LogP contribution in [0.1, 0.15) is 35.1 Å². The lowest BCUT2D eigenvalue weighted by atomic mass is 9.77. The average Bonchev–Trinajstić information content (AvgIpc) is 3.60. The number of carbonyl (C=O) groups excluding carboxylic acids is 1. The molecule has 0 radical (unpaired) electrons. The quantitative estimate of drug-likeness (QED) is 0.142. The number of primary amides is 1. The summed E-state index contributed by atoms with van der Waals surface area (Å²) >= 11 is 0. The van der Waals surface area contributed by atoms with E-state index in [1.807, 2.05) is 108 Å². The van der Waals surface area contributed by atoms with E-state index in [9.17, 15) is 14.7 Å². The summed E-state index contributed by atoms with van der Waals surface area (Å²) in [4.78, 5) is 22.8. The molecule has 4 N–H and O–H groups in total. The maximum atomic E-state index is 11.7. The normalized spacial score (nSPS) is 12.0. The lowest BCUT2D eigenvalue weighted by Gasteiger charge is -2.36. The molecule has 0 unspecified atom stereocenters. The molecule has 9 nitrogen and oxygen atoms in total. The molecule has 9 heteroatoms. The van der Waals surface area contributed by atoms with Crippen molar-refractivity contribution in [2.45, 2.75) is 31.0 Å². The number of carboxylic acid groups (broad SMARTS) is 1. The van der Waals surface area contributed by atoms with E-state index in [1.54, 1.807) is 0 Å². The predicted molar refractivity (Wildman–Crippen MR) is 180 cm³/mol. The van der Waals surface area contributed by atoms with E-state index in [0.717, 1.165) is 38.9 Å². The Morgan fingerprint density at radius 1 is 0.723 bits per heavy atom. The number of tetrazole rings is 1. The summed E-state index contributed by atoms with van der Waals surface area (Å²) in [6.45, 7) is 0.323. The van der Waals surface area contributed by atoms with Gasteiger partial charge in [-0.3, -0.25) is 9.59 Å². The van der Waals surface area contributed by atoms with Crippen LogP contribution in [-0.2, 0) is 21.7 Å². The van der Waals surface area contributed by atoms with Gasteiger partial charge in [-0.25, -0.2) is 4.68 Å². The Labute approximate surface area is 272 Å². The minimum atomic E-state index is -1.02. The van der Waals surface area contributed by atoms with Crippen molar-refractivity contribution in [1.82, 2.24) is 25.5 Å². The Morgan fingerprint density at radius 3 is 1.74 bits per heavy atom. The number of carbonyl (C=O) groups is 2. The average molecular weight is 623 g/mol. The fourth-order valence-corrected chi connectivity index (χ4v) is 6.06. The first-order valence-electron chi connectivity index (χ1n) is 15.4. The van der Waals surface area contributed by atoms with Gasteiger partial charge in [0.05, 0.1) is 0 Å². The number of rotatable bonds is 13. The van der Waals surface area contributed by atoms with Crippen molar-refractivity contribution in [3.8, 4) is 22.5 Å². The van der Waals surface area contributed by atoms with Crippen LogP contribution in [0.3, 0.4) is 0 Å². The van der Waals surface area contributed by atoms with Crippen molar-refractivity contribution >= 4 is 11.9 Å². The van der Waals surface area contributed by atoms with Gasteiger partial charge in [-0.15, -0.1) is 5.10 Å². The minimum Gasteiger partial charge on any atom is -0.480 e. The van der Waals surface area contributed by atoms with Crippen LogP contribution in [-0.4, -0.2) is 43.2 Å². The third kappa shape index (κ3) is 6.43. The molecule has 0 saturated carbocycles. The van der Waals surface area contributed by atoms with Gasteiger partial charge in [-0.2, -0.15) is 0 Å². The zero-order valence-corrected chi connectivity index (χ0v) is 25.6. The lowest BCUT2D eigenvalue weighted by molar-refractivity contribution is -0.139. The highest BCUT2D eigenvalue weighted by molar-refractivity contribution is 5.81. The number of nitrogens with two attached hydrogens (primary N) is 1. The summed E-state index contributed by atoms with van der Waals surface area (Å²) in [5.74, 6) is -0.950. The zero-order valence-electron chi connectivity index (χ0n) is 25.6. The van der Waals surface area contributed by atoms with Crippen molar-refractivity contribution in [1.29, 1.82) is 0 Å². The second kappa shape index (κ2) is 14.0. The summed E-state index contributed by atoms with van der Waals surface area (Å²) in [5, 5.41) is 26.1. The number of benzene rings is 5. The number of carboxylic acids is 1. The molecular weight excluding hydrogens is 588 g/mol. The van der Waals surface area contributed by atoms with Gasteiger partial charge in [0.25, 0.3) is 0 Å². The highest BCUT2D eigenvalue weighted by Crippen LogP contribution is 2.43. The lowest BCUT2D eigenvalue weighted by Crippen LogP contribution is -2.39. The Kier molecular flexibility index (Phi) is 9.26. The van der Waals surface area contributed by atoms with Gasteiger partial charge >= 0.3 is 5.97 Å². The van der Waals surface area contributed by atoms with E-state index >= 15 is 0 Å². The second-order valence-electron chi connectivity index (χ2n) is 11.2. The fourth-order valence-electron chi connectivity index (χ4n) is 6.06. The minimum absolute atomic E-state index is 0.000727. The maximum absolute atomic E-state index is 11.7. The first kappa shape index (κ1) is 31.1. The molecule has 6 aromatic rings. The number of hydrogen-bond donors (Lipinski definition) is 3. The monoisotopic (exact) mass is 622 g/mol. The van der Waals surface area contributed by atoms with Crippen LogP contribution in [0, 0.1) is 0 Å². The molecule has 5 aromatic carbocycles. The number of aromatic nitrogens is 4. The molecule has 0 aliphatic heterocycles. The van der Waals surface area contributed by atoms with Crippen LogP contribution in [0.5, 0.6) is 0 Å². The first-order valence-corrected chi connectivity index (χ1v) is 15.4. The molecule has 47 heavy (non-hydrogen) atoms. The van der Waals surface area contributed by atoms with Crippen LogP contribution < -0.4 is 11.1 Å². The smallest absolute Gasteiger partial charge is 0.320 e.